The summed E-state index contributed by atoms with van der Waals surface area (Å²) in [6, 6.07) is 4.57. The number of benzene rings is 1. The Morgan fingerprint density at radius 2 is 1.83 bits per heavy atom. The highest BCUT2D eigenvalue weighted by Crippen LogP contribution is 2.27. The molecule has 0 amide bonds. The largest absolute Gasteiger partial charge is 0.480 e. The number of aliphatic carboxylic acids is 1. The zero-order chi connectivity index (χ0) is 13.7. The monoisotopic (exact) mass is 289 g/mol. The van der Waals surface area contributed by atoms with Gasteiger partial charge in [-0.05, 0) is 31.0 Å². The fourth-order valence-electron chi connectivity index (χ4n) is 1.94. The van der Waals surface area contributed by atoms with Crippen LogP contribution < -0.4 is 4.90 Å². The smallest absolute Gasteiger partial charge is 0.326 e. The fraction of sp³-hybridized carbons (Fsp3) is 0.462. The molecule has 0 unspecified atom stereocenters. The second kappa shape index (κ2) is 6.86. The summed E-state index contributed by atoms with van der Waals surface area (Å²) in [4.78, 5) is 13.1. The highest BCUT2D eigenvalue weighted by Gasteiger charge is 2.23. The van der Waals surface area contributed by atoms with Crippen molar-refractivity contribution in [1.29, 1.82) is 0 Å². The lowest BCUT2D eigenvalue weighted by molar-refractivity contribution is -0.138. The molecule has 1 aromatic rings. The number of carboxylic acids is 1. The Kier molecular flexibility index (Phi) is 5.76. The second-order valence-corrected chi connectivity index (χ2v) is 4.96. The molecular weight excluding hydrogens is 273 g/mol. The van der Waals surface area contributed by atoms with E-state index in [1.807, 2.05) is 18.7 Å². The van der Waals surface area contributed by atoms with E-state index < -0.39 is 12.0 Å². The number of carboxylic acid groups (broad SMARTS) is 1. The summed E-state index contributed by atoms with van der Waals surface area (Å²) >= 11 is 11.9. The summed E-state index contributed by atoms with van der Waals surface area (Å²) in [7, 11) is 0. The molecule has 0 spiro atoms. The molecule has 0 radical (unpaired) electrons. The molecule has 0 aliphatic carbocycles. The number of halogens is 2. The third-order valence-electron chi connectivity index (χ3n) is 2.69. The Morgan fingerprint density at radius 3 is 2.22 bits per heavy atom. The maximum absolute atomic E-state index is 11.3. The van der Waals surface area contributed by atoms with Crippen molar-refractivity contribution in [3.63, 3.8) is 0 Å². The van der Waals surface area contributed by atoms with Gasteiger partial charge in [0.25, 0.3) is 0 Å². The Morgan fingerprint density at radius 1 is 1.28 bits per heavy atom. The van der Waals surface area contributed by atoms with Gasteiger partial charge in [-0.3, -0.25) is 0 Å². The van der Waals surface area contributed by atoms with Gasteiger partial charge in [0.2, 0.25) is 0 Å². The van der Waals surface area contributed by atoms with Crippen LogP contribution in [0.1, 0.15) is 26.7 Å². The predicted octanol–water partition coefficient (Wildman–Crippen LogP) is 4.07. The van der Waals surface area contributed by atoms with Gasteiger partial charge in [-0.15, -0.1) is 0 Å². The minimum atomic E-state index is -0.831. The van der Waals surface area contributed by atoms with Crippen LogP contribution in [0.2, 0.25) is 10.0 Å². The summed E-state index contributed by atoms with van der Waals surface area (Å²) in [5.41, 5.74) is 0.753. The molecular formula is C13H17Cl2NO2. The van der Waals surface area contributed by atoms with Gasteiger partial charge in [-0.25, -0.2) is 4.79 Å². The van der Waals surface area contributed by atoms with Crippen molar-refractivity contribution in [2.45, 2.75) is 32.7 Å². The first-order chi connectivity index (χ1) is 8.49. The molecule has 0 aliphatic heterocycles. The predicted molar refractivity (Wildman–Crippen MR) is 75.8 cm³/mol. The van der Waals surface area contributed by atoms with Crippen LogP contribution in [0.15, 0.2) is 18.2 Å². The van der Waals surface area contributed by atoms with Gasteiger partial charge in [0.15, 0.2) is 0 Å². The number of anilines is 1. The first-order valence-electron chi connectivity index (χ1n) is 5.95. The lowest BCUT2D eigenvalue weighted by Crippen LogP contribution is -2.41. The summed E-state index contributed by atoms with van der Waals surface area (Å²) in [6.07, 6.45) is 1.38. The van der Waals surface area contributed by atoms with Gasteiger partial charge in [-0.1, -0.05) is 37.0 Å². The normalized spacial score (nSPS) is 12.2. The molecule has 0 saturated carbocycles. The molecule has 3 nitrogen and oxygen atoms in total. The molecule has 0 fully saturated rings. The first-order valence-corrected chi connectivity index (χ1v) is 6.70. The Labute approximate surface area is 117 Å². The number of hydrogen-bond donors (Lipinski definition) is 1. The highest BCUT2D eigenvalue weighted by atomic mass is 35.5. The van der Waals surface area contributed by atoms with Gasteiger partial charge in [0.1, 0.15) is 6.04 Å². The lowest BCUT2D eigenvalue weighted by atomic mass is 10.1. The first kappa shape index (κ1) is 15.1. The molecule has 1 atom stereocenters. The summed E-state index contributed by atoms with van der Waals surface area (Å²) in [5.74, 6) is -0.831. The van der Waals surface area contributed by atoms with Crippen LogP contribution in [0.4, 0.5) is 5.69 Å². The van der Waals surface area contributed by atoms with Crippen molar-refractivity contribution in [3.05, 3.63) is 28.2 Å². The average molecular weight is 290 g/mol. The van der Waals surface area contributed by atoms with Crippen molar-refractivity contribution in [1.82, 2.24) is 0 Å². The average Bonchev–Trinajstić information content (AvgIpc) is 2.27. The Hall–Kier alpha value is -0.930. The van der Waals surface area contributed by atoms with Crippen molar-refractivity contribution in [2.24, 2.45) is 0 Å². The zero-order valence-electron chi connectivity index (χ0n) is 10.5. The summed E-state index contributed by atoms with van der Waals surface area (Å²) in [5, 5.41) is 10.3. The van der Waals surface area contributed by atoms with E-state index in [2.05, 4.69) is 0 Å². The van der Waals surface area contributed by atoms with E-state index in [0.717, 1.165) is 12.1 Å². The van der Waals surface area contributed by atoms with E-state index in [9.17, 15) is 9.90 Å². The maximum Gasteiger partial charge on any atom is 0.326 e. The van der Waals surface area contributed by atoms with Crippen molar-refractivity contribution >= 4 is 34.9 Å². The van der Waals surface area contributed by atoms with Crippen molar-refractivity contribution in [2.75, 3.05) is 11.4 Å². The van der Waals surface area contributed by atoms with Crippen molar-refractivity contribution < 1.29 is 9.90 Å². The van der Waals surface area contributed by atoms with E-state index in [1.165, 1.54) is 0 Å². The van der Waals surface area contributed by atoms with E-state index in [-0.39, 0.29) is 0 Å². The SMILES string of the molecule is CCCN(c1cc(Cl)cc(Cl)c1)[C@@H](CC)C(=O)O. The molecule has 18 heavy (non-hydrogen) atoms. The molecule has 1 N–H and O–H groups in total. The van der Waals surface area contributed by atoms with E-state index in [0.29, 0.717) is 23.0 Å². The second-order valence-electron chi connectivity index (χ2n) is 4.08. The standard InChI is InChI=1S/C13H17Cl2NO2/c1-3-5-16(12(4-2)13(17)18)11-7-9(14)6-10(15)8-11/h6-8,12H,3-5H2,1-2H3,(H,17,18)/t12-/m0/s1. The number of nitrogens with zero attached hydrogens (tertiary/aromatic N) is 1. The van der Waals surface area contributed by atoms with Crippen LogP contribution in [-0.2, 0) is 4.79 Å². The Bertz CT molecular complexity index is 403. The quantitative estimate of drug-likeness (QED) is 0.858. The molecule has 0 aromatic heterocycles. The van der Waals surface area contributed by atoms with Crippen LogP contribution >= 0.6 is 23.2 Å². The van der Waals surface area contributed by atoms with Crippen LogP contribution in [0.3, 0.4) is 0 Å². The zero-order valence-corrected chi connectivity index (χ0v) is 12.0. The topological polar surface area (TPSA) is 40.5 Å². The summed E-state index contributed by atoms with van der Waals surface area (Å²) < 4.78 is 0. The molecule has 1 aromatic carbocycles. The third-order valence-corrected chi connectivity index (χ3v) is 3.13. The molecule has 0 aliphatic rings. The van der Waals surface area contributed by atoms with Gasteiger partial charge in [-0.2, -0.15) is 0 Å². The van der Waals surface area contributed by atoms with Crippen LogP contribution in [-0.4, -0.2) is 23.7 Å². The van der Waals surface area contributed by atoms with Gasteiger partial charge in [0, 0.05) is 22.3 Å². The maximum atomic E-state index is 11.3. The van der Waals surface area contributed by atoms with Crippen LogP contribution in [0, 0.1) is 0 Å². The number of rotatable bonds is 6. The minimum Gasteiger partial charge on any atom is -0.480 e. The molecule has 0 heterocycles. The molecule has 0 saturated heterocycles. The van der Waals surface area contributed by atoms with Crippen LogP contribution in [0.5, 0.6) is 0 Å². The molecule has 1 rings (SSSR count). The van der Waals surface area contributed by atoms with E-state index >= 15 is 0 Å². The highest BCUT2D eigenvalue weighted by molar-refractivity contribution is 6.35. The van der Waals surface area contributed by atoms with Gasteiger partial charge < -0.3 is 10.0 Å². The number of carbonyl (C=O) groups is 1. The van der Waals surface area contributed by atoms with Crippen LogP contribution in [0.25, 0.3) is 0 Å². The van der Waals surface area contributed by atoms with E-state index in [4.69, 9.17) is 23.2 Å². The number of hydrogen-bond acceptors (Lipinski definition) is 2. The summed E-state index contributed by atoms with van der Waals surface area (Å²) in [6.45, 7) is 4.52. The molecule has 100 valence electrons. The molecule has 0 bridgehead atoms. The van der Waals surface area contributed by atoms with Gasteiger partial charge >= 0.3 is 5.97 Å². The van der Waals surface area contributed by atoms with Crippen molar-refractivity contribution in [3.8, 4) is 0 Å². The minimum absolute atomic E-state index is 0.513. The third kappa shape index (κ3) is 3.79. The lowest BCUT2D eigenvalue weighted by Gasteiger charge is -2.30. The van der Waals surface area contributed by atoms with E-state index in [1.54, 1.807) is 18.2 Å². The molecule has 5 heteroatoms. The van der Waals surface area contributed by atoms with Gasteiger partial charge in [0.05, 0.1) is 0 Å². The Balaban J connectivity index is 3.13. The fourth-order valence-corrected chi connectivity index (χ4v) is 2.45.